The highest BCUT2D eigenvalue weighted by molar-refractivity contribution is 5.84. The molecule has 2 aromatic carbocycles. The van der Waals surface area contributed by atoms with Crippen LogP contribution in [0.3, 0.4) is 0 Å². The van der Waals surface area contributed by atoms with Crippen molar-refractivity contribution in [3.63, 3.8) is 0 Å². The quantitative estimate of drug-likeness (QED) is 0.406. The molecular weight excluding hydrogens is 436 g/mol. The minimum absolute atomic E-state index is 0.0107. The van der Waals surface area contributed by atoms with Gasteiger partial charge in [0.05, 0.1) is 27.9 Å². The molecule has 1 fully saturated rings. The van der Waals surface area contributed by atoms with Gasteiger partial charge in [0, 0.05) is 5.56 Å². The number of aliphatic hydroxyl groups is 4. The van der Waals surface area contributed by atoms with Crippen LogP contribution in [0.4, 0.5) is 0 Å². The van der Waals surface area contributed by atoms with Crippen LogP contribution in [0.15, 0.2) is 18.2 Å². The van der Waals surface area contributed by atoms with E-state index in [2.05, 4.69) is 0 Å². The van der Waals surface area contributed by atoms with Crippen molar-refractivity contribution < 1.29 is 49.2 Å². The summed E-state index contributed by atoms with van der Waals surface area (Å²) in [5.74, 6) is 1.09. The SMILES string of the molecule is COc1cc2c(cc1O)CCc1cc(OC)c(OC)c(OC3OC(CO)C(O)C(O)C3O)c1-2. The molecule has 5 unspecified atom stereocenters. The maximum Gasteiger partial charge on any atom is 0.229 e. The van der Waals surface area contributed by atoms with Crippen molar-refractivity contribution in [3.8, 4) is 39.9 Å². The van der Waals surface area contributed by atoms with Crippen molar-refractivity contribution >= 4 is 0 Å². The molecule has 4 rings (SSSR count). The second-order valence-corrected chi connectivity index (χ2v) is 7.97. The van der Waals surface area contributed by atoms with Crippen LogP contribution >= 0.6 is 0 Å². The van der Waals surface area contributed by atoms with Gasteiger partial charge in [-0.15, -0.1) is 0 Å². The summed E-state index contributed by atoms with van der Waals surface area (Å²) in [5.41, 5.74) is 3.08. The number of ether oxygens (including phenoxy) is 5. The van der Waals surface area contributed by atoms with E-state index < -0.39 is 37.3 Å². The number of benzene rings is 2. The molecule has 1 saturated heterocycles. The van der Waals surface area contributed by atoms with Crippen molar-refractivity contribution in [2.24, 2.45) is 0 Å². The third-order valence-corrected chi connectivity index (χ3v) is 6.13. The number of fused-ring (bicyclic) bond motifs is 3. The van der Waals surface area contributed by atoms with E-state index in [0.29, 0.717) is 24.2 Å². The molecule has 5 atom stereocenters. The number of hydrogen-bond acceptors (Lipinski definition) is 10. The van der Waals surface area contributed by atoms with Crippen molar-refractivity contribution in [1.82, 2.24) is 0 Å². The average Bonchev–Trinajstić information content (AvgIpc) is 2.82. The number of hydrogen-bond donors (Lipinski definition) is 5. The van der Waals surface area contributed by atoms with E-state index in [0.717, 1.165) is 16.7 Å². The zero-order chi connectivity index (χ0) is 23.9. The lowest BCUT2D eigenvalue weighted by Gasteiger charge is -2.40. The molecule has 0 amide bonds. The van der Waals surface area contributed by atoms with Crippen LogP contribution in [0, 0.1) is 0 Å². The Balaban J connectivity index is 1.88. The molecule has 0 radical (unpaired) electrons. The van der Waals surface area contributed by atoms with Gasteiger partial charge in [-0.05, 0) is 47.7 Å². The summed E-state index contributed by atoms with van der Waals surface area (Å²) in [6, 6.07) is 5.15. The molecule has 0 bridgehead atoms. The second kappa shape index (κ2) is 9.24. The number of methoxy groups -OCH3 is 3. The molecule has 2 aliphatic rings. The molecule has 1 heterocycles. The molecule has 33 heavy (non-hydrogen) atoms. The Bertz CT molecular complexity index is 1020. The number of phenols is 1. The molecule has 10 nitrogen and oxygen atoms in total. The van der Waals surface area contributed by atoms with Crippen molar-refractivity contribution in [1.29, 1.82) is 0 Å². The highest BCUT2D eigenvalue weighted by atomic mass is 16.7. The third-order valence-electron chi connectivity index (χ3n) is 6.13. The van der Waals surface area contributed by atoms with Crippen LogP contribution in [0.1, 0.15) is 11.1 Å². The predicted molar refractivity (Wildman–Crippen MR) is 115 cm³/mol. The van der Waals surface area contributed by atoms with Gasteiger partial charge >= 0.3 is 0 Å². The van der Waals surface area contributed by atoms with Crippen LogP contribution in [0.5, 0.6) is 28.7 Å². The zero-order valence-electron chi connectivity index (χ0n) is 18.5. The van der Waals surface area contributed by atoms with Gasteiger partial charge in [0.15, 0.2) is 23.0 Å². The minimum atomic E-state index is -1.60. The fraction of sp³-hybridized carbons (Fsp3) is 0.478. The van der Waals surface area contributed by atoms with E-state index in [-0.39, 0.29) is 23.0 Å². The normalized spacial score (nSPS) is 26.2. The summed E-state index contributed by atoms with van der Waals surface area (Å²) >= 11 is 0. The van der Waals surface area contributed by atoms with Crippen LogP contribution < -0.4 is 18.9 Å². The zero-order valence-corrected chi connectivity index (χ0v) is 18.5. The molecular formula is C23H28O10. The summed E-state index contributed by atoms with van der Waals surface area (Å²) < 4.78 is 28.0. The predicted octanol–water partition coefficient (Wildman–Crippen LogP) is 0.362. The first kappa shape index (κ1) is 23.4. The third kappa shape index (κ3) is 3.94. The molecule has 2 aromatic rings. The van der Waals surface area contributed by atoms with E-state index in [1.807, 2.05) is 6.07 Å². The van der Waals surface area contributed by atoms with Gasteiger partial charge in [0.25, 0.3) is 0 Å². The molecule has 1 aliphatic heterocycles. The van der Waals surface area contributed by atoms with Crippen molar-refractivity contribution in [2.45, 2.75) is 43.5 Å². The van der Waals surface area contributed by atoms with Crippen LogP contribution in [0.2, 0.25) is 0 Å². The smallest absolute Gasteiger partial charge is 0.229 e. The van der Waals surface area contributed by atoms with E-state index in [1.54, 1.807) is 12.1 Å². The van der Waals surface area contributed by atoms with E-state index in [1.165, 1.54) is 21.3 Å². The highest BCUT2D eigenvalue weighted by Crippen LogP contribution is 2.52. The Labute approximate surface area is 190 Å². The van der Waals surface area contributed by atoms with Gasteiger partial charge < -0.3 is 49.2 Å². The topological polar surface area (TPSA) is 147 Å². The fourth-order valence-electron chi connectivity index (χ4n) is 4.38. The molecule has 0 aromatic heterocycles. The first-order valence-electron chi connectivity index (χ1n) is 10.5. The van der Waals surface area contributed by atoms with E-state index in [4.69, 9.17) is 23.7 Å². The van der Waals surface area contributed by atoms with Crippen molar-refractivity contribution in [3.05, 3.63) is 29.3 Å². The van der Waals surface area contributed by atoms with Gasteiger partial charge in [0.1, 0.15) is 24.4 Å². The maximum atomic E-state index is 10.5. The summed E-state index contributed by atoms with van der Waals surface area (Å²) in [6.07, 6.45) is -6.02. The van der Waals surface area contributed by atoms with Crippen LogP contribution in [-0.2, 0) is 17.6 Å². The number of aliphatic hydroxyl groups excluding tert-OH is 4. The average molecular weight is 464 g/mol. The Kier molecular flexibility index (Phi) is 6.55. The first-order valence-corrected chi connectivity index (χ1v) is 10.5. The molecule has 1 aliphatic carbocycles. The minimum Gasteiger partial charge on any atom is -0.504 e. The highest BCUT2D eigenvalue weighted by Gasteiger charge is 2.45. The number of phenolic OH excluding ortho intramolecular Hbond substituents is 1. The largest absolute Gasteiger partial charge is 0.504 e. The number of aromatic hydroxyl groups is 1. The maximum absolute atomic E-state index is 10.5. The van der Waals surface area contributed by atoms with Gasteiger partial charge in [0.2, 0.25) is 12.0 Å². The van der Waals surface area contributed by atoms with E-state index in [9.17, 15) is 25.5 Å². The Morgan fingerprint density at radius 3 is 2.18 bits per heavy atom. The standard InChI is InChI=1S/C23H28O10/c1-29-14-8-12-10(6-13(14)25)4-5-11-7-15(30-2)21(31-3)22(17(11)12)33-23-20(28)19(27)18(26)16(9-24)32-23/h6-8,16,18-20,23-28H,4-5,9H2,1-3H3. The number of aryl methyl sites for hydroxylation is 2. The monoisotopic (exact) mass is 464 g/mol. The lowest BCUT2D eigenvalue weighted by Crippen LogP contribution is -2.60. The summed E-state index contributed by atoms with van der Waals surface area (Å²) in [6.45, 7) is -0.586. The lowest BCUT2D eigenvalue weighted by atomic mass is 9.84. The van der Waals surface area contributed by atoms with Crippen LogP contribution in [0.25, 0.3) is 11.1 Å². The summed E-state index contributed by atoms with van der Waals surface area (Å²) in [5, 5.41) is 50.6. The second-order valence-electron chi connectivity index (χ2n) is 7.97. The van der Waals surface area contributed by atoms with Gasteiger partial charge in [-0.1, -0.05) is 0 Å². The Morgan fingerprint density at radius 1 is 0.848 bits per heavy atom. The van der Waals surface area contributed by atoms with Gasteiger partial charge in [-0.25, -0.2) is 0 Å². The lowest BCUT2D eigenvalue weighted by molar-refractivity contribution is -0.277. The Morgan fingerprint density at radius 2 is 1.55 bits per heavy atom. The summed E-state index contributed by atoms with van der Waals surface area (Å²) in [4.78, 5) is 0. The molecule has 10 heteroatoms. The molecule has 0 saturated carbocycles. The molecule has 5 N–H and O–H groups in total. The van der Waals surface area contributed by atoms with E-state index >= 15 is 0 Å². The number of rotatable bonds is 6. The van der Waals surface area contributed by atoms with Gasteiger partial charge in [-0.3, -0.25) is 0 Å². The molecule has 180 valence electrons. The molecule has 0 spiro atoms. The van der Waals surface area contributed by atoms with Crippen LogP contribution in [-0.4, -0.2) is 84.2 Å². The summed E-state index contributed by atoms with van der Waals surface area (Å²) in [7, 11) is 4.37. The van der Waals surface area contributed by atoms with Gasteiger partial charge in [-0.2, -0.15) is 0 Å². The fourth-order valence-corrected chi connectivity index (χ4v) is 4.38. The van der Waals surface area contributed by atoms with Crippen molar-refractivity contribution in [2.75, 3.05) is 27.9 Å². The Hall–Kier alpha value is -2.76. The first-order chi connectivity index (χ1) is 15.8.